The van der Waals surface area contributed by atoms with E-state index in [1.54, 1.807) is 34.6 Å². The van der Waals surface area contributed by atoms with Crippen LogP contribution in [0.2, 0.25) is 0 Å². The molecule has 3 amide bonds. The molecule has 0 bridgehead atoms. The van der Waals surface area contributed by atoms with E-state index >= 15 is 0 Å². The number of amides is 3. The van der Waals surface area contributed by atoms with Gasteiger partial charge in [0, 0.05) is 6.54 Å². The summed E-state index contributed by atoms with van der Waals surface area (Å²) in [6, 6.07) is -1.50. The van der Waals surface area contributed by atoms with Crippen molar-refractivity contribution in [3.8, 4) is 0 Å². The van der Waals surface area contributed by atoms with Gasteiger partial charge in [-0.1, -0.05) is 13.8 Å². The van der Waals surface area contributed by atoms with Crippen LogP contribution in [0.15, 0.2) is 0 Å². The zero-order chi connectivity index (χ0) is 19.2. The van der Waals surface area contributed by atoms with Gasteiger partial charge in [0.2, 0.25) is 5.91 Å². The van der Waals surface area contributed by atoms with Gasteiger partial charge in [0.25, 0.3) is 5.91 Å². The lowest BCUT2D eigenvalue weighted by atomic mass is 9.97. The van der Waals surface area contributed by atoms with Crippen molar-refractivity contribution < 1.29 is 24.2 Å². The fourth-order valence-corrected chi connectivity index (χ4v) is 2.55. The molecule has 1 saturated heterocycles. The maximum atomic E-state index is 12.3. The molecule has 0 radical (unpaired) electrons. The number of carbonyl (C=O) groups is 3. The molecule has 3 atom stereocenters. The van der Waals surface area contributed by atoms with Crippen molar-refractivity contribution in [1.82, 2.24) is 16.0 Å². The summed E-state index contributed by atoms with van der Waals surface area (Å²) >= 11 is 0. The molecule has 1 rings (SSSR count). The number of hydrogen-bond acceptors (Lipinski definition) is 5. The van der Waals surface area contributed by atoms with Crippen LogP contribution in [-0.4, -0.2) is 53.3 Å². The highest BCUT2D eigenvalue weighted by Crippen LogP contribution is 2.12. The van der Waals surface area contributed by atoms with Gasteiger partial charge in [-0.2, -0.15) is 0 Å². The van der Waals surface area contributed by atoms with Crippen LogP contribution in [0, 0.1) is 5.92 Å². The molecule has 1 fully saturated rings. The molecule has 0 aliphatic carbocycles. The van der Waals surface area contributed by atoms with Gasteiger partial charge in [-0.25, -0.2) is 4.79 Å². The Bertz CT molecular complexity index is 487. The van der Waals surface area contributed by atoms with Crippen molar-refractivity contribution in [2.24, 2.45) is 5.92 Å². The molecule has 0 spiro atoms. The molecule has 0 saturated carbocycles. The third-order valence-electron chi connectivity index (χ3n) is 3.86. The fraction of sp³-hybridized carbons (Fsp3) is 0.824. The quantitative estimate of drug-likeness (QED) is 0.577. The van der Waals surface area contributed by atoms with Crippen LogP contribution in [-0.2, 0) is 14.3 Å². The predicted molar refractivity (Wildman–Crippen MR) is 92.8 cm³/mol. The van der Waals surface area contributed by atoms with E-state index in [0.717, 1.165) is 12.8 Å². The molecule has 8 nitrogen and oxygen atoms in total. The molecule has 0 aromatic rings. The molecule has 1 aliphatic heterocycles. The minimum atomic E-state index is -1.48. The van der Waals surface area contributed by atoms with Crippen molar-refractivity contribution in [3.63, 3.8) is 0 Å². The molecule has 0 aromatic carbocycles. The standard InChI is InChI=1S/C17H31N3O5/c1-10(2)12(20-16(24)25-17(3,4)5)13(21)15(23)19-11-8-6-7-9-18-14(11)22/h10-13,21H,6-9H2,1-5H3,(H,18,22)(H,19,23)(H,20,24)/t11-,12-,13-/m0/s1. The van der Waals surface area contributed by atoms with Crippen LogP contribution in [0.3, 0.4) is 0 Å². The lowest BCUT2D eigenvalue weighted by molar-refractivity contribution is -0.135. The zero-order valence-electron chi connectivity index (χ0n) is 15.7. The third kappa shape index (κ3) is 7.29. The van der Waals surface area contributed by atoms with Crippen molar-refractivity contribution in [1.29, 1.82) is 0 Å². The van der Waals surface area contributed by atoms with Gasteiger partial charge >= 0.3 is 6.09 Å². The van der Waals surface area contributed by atoms with Crippen LogP contribution in [0.4, 0.5) is 4.79 Å². The first-order chi connectivity index (χ1) is 11.5. The van der Waals surface area contributed by atoms with E-state index in [-0.39, 0.29) is 11.8 Å². The van der Waals surface area contributed by atoms with Crippen LogP contribution < -0.4 is 16.0 Å². The predicted octanol–water partition coefficient (Wildman–Crippen LogP) is 0.682. The molecule has 144 valence electrons. The number of ether oxygens (including phenoxy) is 1. The minimum absolute atomic E-state index is 0.212. The maximum absolute atomic E-state index is 12.3. The molecule has 0 aromatic heterocycles. The van der Waals surface area contributed by atoms with Crippen molar-refractivity contribution in [2.45, 2.75) is 77.7 Å². The van der Waals surface area contributed by atoms with E-state index in [1.165, 1.54) is 0 Å². The maximum Gasteiger partial charge on any atom is 0.407 e. The van der Waals surface area contributed by atoms with Crippen LogP contribution >= 0.6 is 0 Å². The summed E-state index contributed by atoms with van der Waals surface area (Å²) in [5.74, 6) is -1.15. The minimum Gasteiger partial charge on any atom is -0.444 e. The molecule has 25 heavy (non-hydrogen) atoms. The smallest absolute Gasteiger partial charge is 0.407 e. The van der Waals surface area contributed by atoms with E-state index in [0.29, 0.717) is 13.0 Å². The molecule has 1 aliphatic rings. The zero-order valence-corrected chi connectivity index (χ0v) is 15.7. The monoisotopic (exact) mass is 357 g/mol. The number of nitrogens with one attached hydrogen (secondary N) is 3. The highest BCUT2D eigenvalue weighted by molar-refractivity contribution is 5.90. The van der Waals surface area contributed by atoms with E-state index < -0.39 is 35.8 Å². The van der Waals surface area contributed by atoms with Crippen molar-refractivity contribution >= 4 is 17.9 Å². The highest BCUT2D eigenvalue weighted by Gasteiger charge is 2.33. The van der Waals surface area contributed by atoms with Crippen LogP contribution in [0.5, 0.6) is 0 Å². The summed E-state index contributed by atoms with van der Waals surface area (Å²) in [4.78, 5) is 36.2. The summed E-state index contributed by atoms with van der Waals surface area (Å²) in [5, 5.41) is 18.2. The average Bonchev–Trinajstić information content (AvgIpc) is 2.67. The molecular weight excluding hydrogens is 326 g/mol. The second kappa shape index (κ2) is 9.03. The largest absolute Gasteiger partial charge is 0.444 e. The van der Waals surface area contributed by atoms with Crippen LogP contribution in [0.1, 0.15) is 53.9 Å². The first-order valence-corrected chi connectivity index (χ1v) is 8.77. The summed E-state index contributed by atoms with van der Waals surface area (Å²) in [6.45, 7) is 9.32. The van der Waals surface area contributed by atoms with Gasteiger partial charge in [0.15, 0.2) is 6.10 Å². The molecule has 4 N–H and O–H groups in total. The molecule has 8 heteroatoms. The van der Waals surface area contributed by atoms with Crippen molar-refractivity contribution in [2.75, 3.05) is 6.54 Å². The van der Waals surface area contributed by atoms with Gasteiger partial charge in [-0.15, -0.1) is 0 Å². The Hall–Kier alpha value is -1.83. The number of aliphatic hydroxyl groups is 1. The van der Waals surface area contributed by atoms with E-state index in [2.05, 4.69) is 16.0 Å². The Labute approximate surface area is 149 Å². The number of aliphatic hydroxyl groups excluding tert-OH is 1. The lowest BCUT2D eigenvalue weighted by Crippen LogP contribution is -2.56. The van der Waals surface area contributed by atoms with Gasteiger partial charge in [0.1, 0.15) is 11.6 Å². The third-order valence-corrected chi connectivity index (χ3v) is 3.86. The second-order valence-corrected chi connectivity index (χ2v) is 7.71. The van der Waals surface area contributed by atoms with Gasteiger partial charge < -0.3 is 25.8 Å². The SMILES string of the molecule is CC(C)[C@H](NC(=O)OC(C)(C)C)[C@H](O)C(=O)N[C@H]1CCCCNC1=O. The second-order valence-electron chi connectivity index (χ2n) is 7.71. The van der Waals surface area contributed by atoms with Gasteiger partial charge in [-0.3, -0.25) is 9.59 Å². The summed E-state index contributed by atoms with van der Waals surface area (Å²) < 4.78 is 5.17. The van der Waals surface area contributed by atoms with E-state index in [9.17, 15) is 19.5 Å². The summed E-state index contributed by atoms with van der Waals surface area (Å²) in [5.41, 5.74) is -0.683. The first kappa shape index (κ1) is 21.2. The highest BCUT2D eigenvalue weighted by atomic mass is 16.6. The first-order valence-electron chi connectivity index (χ1n) is 8.77. The number of hydrogen-bond donors (Lipinski definition) is 4. The van der Waals surface area contributed by atoms with E-state index in [1.807, 2.05) is 0 Å². The van der Waals surface area contributed by atoms with Crippen LogP contribution in [0.25, 0.3) is 0 Å². The van der Waals surface area contributed by atoms with Gasteiger partial charge in [0.05, 0.1) is 6.04 Å². The lowest BCUT2D eigenvalue weighted by Gasteiger charge is -2.29. The summed E-state index contributed by atoms with van der Waals surface area (Å²) in [6.07, 6.45) is 0.00338. The van der Waals surface area contributed by atoms with Gasteiger partial charge in [-0.05, 0) is 46.0 Å². The molecule has 0 unspecified atom stereocenters. The Morgan fingerprint density at radius 2 is 1.92 bits per heavy atom. The average molecular weight is 357 g/mol. The Kier molecular flexibility index (Phi) is 7.66. The molecule has 1 heterocycles. The topological polar surface area (TPSA) is 117 Å². The normalized spacial score (nSPS) is 20.9. The number of alkyl carbamates (subject to hydrolysis) is 1. The summed E-state index contributed by atoms with van der Waals surface area (Å²) in [7, 11) is 0. The Morgan fingerprint density at radius 1 is 1.28 bits per heavy atom. The number of rotatable bonds is 5. The molecular formula is C17H31N3O5. The Balaban J connectivity index is 2.70. The fourth-order valence-electron chi connectivity index (χ4n) is 2.55. The van der Waals surface area contributed by atoms with Crippen molar-refractivity contribution in [3.05, 3.63) is 0 Å². The number of carbonyl (C=O) groups excluding carboxylic acids is 3. The Morgan fingerprint density at radius 3 is 2.48 bits per heavy atom. The van der Waals surface area contributed by atoms with E-state index in [4.69, 9.17) is 4.74 Å².